The van der Waals surface area contributed by atoms with Gasteiger partial charge in [-0.25, -0.2) is 0 Å². The Morgan fingerprint density at radius 1 is 0.708 bits per heavy atom. The monoisotopic (exact) mass is 325 g/mol. The van der Waals surface area contributed by atoms with E-state index in [1.165, 1.54) is 0 Å². The fourth-order valence-corrected chi connectivity index (χ4v) is 1.99. The highest BCUT2D eigenvalue weighted by Gasteiger charge is 2.07. The summed E-state index contributed by atoms with van der Waals surface area (Å²) in [6.45, 7) is 0.383. The number of carbonyl (C=O) groups excluding carboxylic acids is 3. The molecule has 0 bridgehead atoms. The molecular weight excluding hydrogens is 306 g/mol. The smallest absolute Gasteiger partial charge is 0.269 e. The van der Waals surface area contributed by atoms with Crippen LogP contribution in [-0.2, 0) is 4.79 Å². The molecule has 6 heteroatoms. The van der Waals surface area contributed by atoms with Crippen molar-refractivity contribution in [3.8, 4) is 0 Å². The Hall–Kier alpha value is -3.15. The van der Waals surface area contributed by atoms with Crippen molar-refractivity contribution in [3.05, 3.63) is 71.8 Å². The Morgan fingerprint density at radius 2 is 1.25 bits per heavy atom. The first-order valence-electron chi connectivity index (χ1n) is 7.64. The molecule has 24 heavy (non-hydrogen) atoms. The van der Waals surface area contributed by atoms with Gasteiger partial charge in [-0.1, -0.05) is 36.4 Å². The summed E-state index contributed by atoms with van der Waals surface area (Å²) in [5.41, 5.74) is 5.74. The van der Waals surface area contributed by atoms with Gasteiger partial charge in [0.25, 0.3) is 11.8 Å². The summed E-state index contributed by atoms with van der Waals surface area (Å²) in [6.07, 6.45) is 0.676. The molecule has 0 fully saturated rings. The van der Waals surface area contributed by atoms with Crippen molar-refractivity contribution in [3.63, 3.8) is 0 Å². The molecule has 0 heterocycles. The molecule has 0 aromatic heterocycles. The van der Waals surface area contributed by atoms with Gasteiger partial charge in [0, 0.05) is 24.1 Å². The van der Waals surface area contributed by atoms with Crippen LogP contribution < -0.4 is 16.2 Å². The van der Waals surface area contributed by atoms with E-state index in [-0.39, 0.29) is 24.1 Å². The zero-order valence-electron chi connectivity index (χ0n) is 13.1. The molecule has 0 aliphatic heterocycles. The minimum atomic E-state index is -0.374. The second-order valence-corrected chi connectivity index (χ2v) is 5.09. The lowest BCUT2D eigenvalue weighted by Crippen LogP contribution is -2.41. The van der Waals surface area contributed by atoms with Crippen molar-refractivity contribution >= 4 is 17.7 Å². The number of nitrogens with one attached hydrogen (secondary N) is 3. The Morgan fingerprint density at radius 3 is 1.83 bits per heavy atom. The maximum atomic E-state index is 11.8. The quantitative estimate of drug-likeness (QED) is 0.557. The normalized spacial score (nSPS) is 9.83. The van der Waals surface area contributed by atoms with E-state index in [0.29, 0.717) is 24.1 Å². The lowest BCUT2D eigenvalue weighted by Gasteiger charge is -2.08. The third-order valence-corrected chi connectivity index (χ3v) is 3.25. The van der Waals surface area contributed by atoms with Gasteiger partial charge in [0.15, 0.2) is 0 Å². The van der Waals surface area contributed by atoms with E-state index in [1.54, 1.807) is 54.6 Å². The lowest BCUT2D eigenvalue weighted by molar-refractivity contribution is -0.121. The van der Waals surface area contributed by atoms with Crippen molar-refractivity contribution in [2.45, 2.75) is 12.8 Å². The Bertz CT molecular complexity index is 687. The van der Waals surface area contributed by atoms with Crippen LogP contribution in [0.3, 0.4) is 0 Å². The summed E-state index contributed by atoms with van der Waals surface area (Å²) >= 11 is 0. The molecule has 2 rings (SSSR count). The first-order valence-corrected chi connectivity index (χ1v) is 7.64. The molecule has 0 saturated heterocycles. The van der Waals surface area contributed by atoms with Crippen LogP contribution in [-0.4, -0.2) is 24.3 Å². The van der Waals surface area contributed by atoms with E-state index in [4.69, 9.17) is 0 Å². The maximum Gasteiger partial charge on any atom is 0.269 e. The van der Waals surface area contributed by atoms with Gasteiger partial charge in [-0.05, 0) is 30.7 Å². The number of hydrogen-bond acceptors (Lipinski definition) is 3. The molecule has 2 aromatic carbocycles. The maximum absolute atomic E-state index is 11.8. The Balaban J connectivity index is 1.62. The summed E-state index contributed by atoms with van der Waals surface area (Å²) in [5.74, 6) is -0.858. The highest BCUT2D eigenvalue weighted by atomic mass is 16.2. The minimum Gasteiger partial charge on any atom is -0.352 e. The largest absolute Gasteiger partial charge is 0.352 e. The SMILES string of the molecule is O=C(CCCNC(=O)c1ccccc1)NNC(=O)c1ccccc1. The van der Waals surface area contributed by atoms with Gasteiger partial charge in [-0.3, -0.25) is 25.2 Å². The second kappa shape index (κ2) is 9.09. The third-order valence-electron chi connectivity index (χ3n) is 3.25. The molecule has 0 saturated carbocycles. The summed E-state index contributed by atoms with van der Waals surface area (Å²) < 4.78 is 0. The van der Waals surface area contributed by atoms with E-state index >= 15 is 0 Å². The number of rotatable bonds is 6. The third kappa shape index (κ3) is 5.57. The van der Waals surface area contributed by atoms with E-state index in [9.17, 15) is 14.4 Å². The molecule has 6 nitrogen and oxygen atoms in total. The van der Waals surface area contributed by atoms with Crippen LogP contribution in [0, 0.1) is 0 Å². The molecule has 0 unspecified atom stereocenters. The van der Waals surface area contributed by atoms with Crippen LogP contribution in [0.1, 0.15) is 33.6 Å². The van der Waals surface area contributed by atoms with E-state index in [2.05, 4.69) is 16.2 Å². The fourth-order valence-electron chi connectivity index (χ4n) is 1.99. The summed E-state index contributed by atoms with van der Waals surface area (Å²) in [7, 11) is 0. The van der Waals surface area contributed by atoms with Gasteiger partial charge in [0.1, 0.15) is 0 Å². The van der Waals surface area contributed by atoms with Crippen LogP contribution in [0.5, 0.6) is 0 Å². The van der Waals surface area contributed by atoms with Crippen LogP contribution in [0.2, 0.25) is 0 Å². The van der Waals surface area contributed by atoms with Crippen LogP contribution in [0.15, 0.2) is 60.7 Å². The Labute approximate surface area is 140 Å². The number of hydrazine groups is 1. The molecule has 2 aromatic rings. The Kier molecular flexibility index (Phi) is 6.52. The fraction of sp³-hybridized carbons (Fsp3) is 0.167. The van der Waals surface area contributed by atoms with Crippen LogP contribution in [0.25, 0.3) is 0 Å². The van der Waals surface area contributed by atoms with Crippen molar-refractivity contribution in [1.82, 2.24) is 16.2 Å². The predicted octanol–water partition coefficient (Wildman–Crippen LogP) is 1.66. The topological polar surface area (TPSA) is 87.3 Å². The number of hydrogen-bond donors (Lipinski definition) is 3. The zero-order chi connectivity index (χ0) is 17.2. The van der Waals surface area contributed by atoms with Crippen molar-refractivity contribution in [1.29, 1.82) is 0 Å². The number of amides is 3. The predicted molar refractivity (Wildman–Crippen MR) is 90.1 cm³/mol. The average Bonchev–Trinajstić information content (AvgIpc) is 2.64. The molecule has 124 valence electrons. The van der Waals surface area contributed by atoms with Crippen LogP contribution >= 0.6 is 0 Å². The summed E-state index contributed by atoms with van der Waals surface area (Å²) in [5, 5.41) is 2.74. The number of carbonyl (C=O) groups is 3. The molecular formula is C18H19N3O3. The molecule has 0 spiro atoms. The van der Waals surface area contributed by atoms with Gasteiger partial charge in [-0.15, -0.1) is 0 Å². The first-order chi connectivity index (χ1) is 11.7. The second-order valence-electron chi connectivity index (χ2n) is 5.09. The summed E-state index contributed by atoms with van der Waals surface area (Å²) in [6, 6.07) is 17.5. The molecule has 3 amide bonds. The van der Waals surface area contributed by atoms with E-state index < -0.39 is 0 Å². The van der Waals surface area contributed by atoms with E-state index in [1.807, 2.05) is 6.07 Å². The van der Waals surface area contributed by atoms with Crippen molar-refractivity contribution in [2.75, 3.05) is 6.54 Å². The van der Waals surface area contributed by atoms with Crippen molar-refractivity contribution < 1.29 is 14.4 Å². The minimum absolute atomic E-state index is 0.173. The van der Waals surface area contributed by atoms with Gasteiger partial charge in [-0.2, -0.15) is 0 Å². The van der Waals surface area contributed by atoms with Gasteiger partial charge >= 0.3 is 0 Å². The molecule has 0 atom stereocenters. The molecule has 0 radical (unpaired) electrons. The standard InChI is InChI=1S/C18H19N3O3/c22-16(20-21-18(24)15-10-5-2-6-11-15)12-7-13-19-17(23)14-8-3-1-4-9-14/h1-6,8-11H,7,12-13H2,(H,19,23)(H,20,22)(H,21,24). The average molecular weight is 325 g/mol. The zero-order valence-corrected chi connectivity index (χ0v) is 13.1. The highest BCUT2D eigenvalue weighted by molar-refractivity contribution is 5.95. The van der Waals surface area contributed by atoms with Gasteiger partial charge in [0.2, 0.25) is 5.91 Å². The molecule has 0 aliphatic carbocycles. The number of benzene rings is 2. The van der Waals surface area contributed by atoms with Crippen molar-refractivity contribution in [2.24, 2.45) is 0 Å². The molecule has 0 aliphatic rings. The lowest BCUT2D eigenvalue weighted by atomic mass is 10.2. The first kappa shape index (κ1) is 17.2. The van der Waals surface area contributed by atoms with Gasteiger partial charge in [0.05, 0.1) is 0 Å². The van der Waals surface area contributed by atoms with Crippen LogP contribution in [0.4, 0.5) is 0 Å². The molecule has 3 N–H and O–H groups in total. The van der Waals surface area contributed by atoms with E-state index in [0.717, 1.165) is 0 Å². The summed E-state index contributed by atoms with van der Waals surface area (Å²) in [4.78, 5) is 35.2. The van der Waals surface area contributed by atoms with Gasteiger partial charge < -0.3 is 5.32 Å². The highest BCUT2D eigenvalue weighted by Crippen LogP contribution is 1.98.